The second-order valence-electron chi connectivity index (χ2n) is 7.62. The lowest BCUT2D eigenvalue weighted by Gasteiger charge is -2.29. The summed E-state index contributed by atoms with van der Waals surface area (Å²) in [5, 5.41) is 4.49. The van der Waals surface area contributed by atoms with Crippen LogP contribution in [0.4, 0.5) is 0 Å². The van der Waals surface area contributed by atoms with Crippen molar-refractivity contribution in [1.82, 2.24) is 10.2 Å². The van der Waals surface area contributed by atoms with Gasteiger partial charge in [0.15, 0.2) is 0 Å². The van der Waals surface area contributed by atoms with Crippen molar-refractivity contribution in [2.45, 2.75) is 39.1 Å². The SMILES string of the molecule is CC(C)CNC(=O)[C@@H](C)N(Cc1c(Cl)cccc1Cl)C(=O)CSCc1ccccc1Cl. The van der Waals surface area contributed by atoms with Gasteiger partial charge in [-0.25, -0.2) is 0 Å². The fourth-order valence-corrected chi connectivity index (χ4v) is 4.55. The molecule has 4 nitrogen and oxygen atoms in total. The predicted molar refractivity (Wildman–Crippen MR) is 132 cm³/mol. The monoisotopic (exact) mass is 500 g/mol. The summed E-state index contributed by atoms with van der Waals surface area (Å²) in [5.41, 5.74) is 1.59. The van der Waals surface area contributed by atoms with Crippen LogP contribution in [-0.4, -0.2) is 35.1 Å². The van der Waals surface area contributed by atoms with E-state index in [0.29, 0.717) is 38.8 Å². The number of hydrogen-bond donors (Lipinski definition) is 1. The molecule has 0 aromatic heterocycles. The summed E-state index contributed by atoms with van der Waals surface area (Å²) in [7, 11) is 0. The molecular formula is C23H27Cl3N2O2S. The molecule has 2 aromatic carbocycles. The van der Waals surface area contributed by atoms with E-state index in [0.717, 1.165) is 5.56 Å². The quantitative estimate of drug-likeness (QED) is 0.430. The molecule has 0 spiro atoms. The smallest absolute Gasteiger partial charge is 0.242 e. The van der Waals surface area contributed by atoms with E-state index in [4.69, 9.17) is 34.8 Å². The van der Waals surface area contributed by atoms with Crippen LogP contribution in [0, 0.1) is 5.92 Å². The first-order valence-corrected chi connectivity index (χ1v) is 12.3. The van der Waals surface area contributed by atoms with Crippen molar-refractivity contribution in [3.8, 4) is 0 Å². The van der Waals surface area contributed by atoms with Gasteiger partial charge >= 0.3 is 0 Å². The average Bonchev–Trinajstić information content (AvgIpc) is 2.72. The first-order valence-electron chi connectivity index (χ1n) is 10.0. The van der Waals surface area contributed by atoms with Gasteiger partial charge in [0.1, 0.15) is 6.04 Å². The van der Waals surface area contributed by atoms with Crippen LogP contribution in [0.1, 0.15) is 31.9 Å². The predicted octanol–water partition coefficient (Wildman–Crippen LogP) is 6.07. The molecule has 0 aliphatic heterocycles. The maximum absolute atomic E-state index is 13.1. The van der Waals surface area contributed by atoms with Crippen LogP contribution in [0.5, 0.6) is 0 Å². The molecular weight excluding hydrogens is 475 g/mol. The van der Waals surface area contributed by atoms with Gasteiger partial charge in [-0.3, -0.25) is 9.59 Å². The number of amides is 2. The molecule has 8 heteroatoms. The standard InChI is InChI=1S/C23H27Cl3N2O2S/c1-15(2)11-27-23(30)16(3)28(12-18-20(25)9-6-10-21(18)26)22(29)14-31-13-17-7-4-5-8-19(17)24/h4-10,15-16H,11-14H2,1-3H3,(H,27,30)/t16-/m1/s1. The minimum atomic E-state index is -0.667. The van der Waals surface area contributed by atoms with Gasteiger partial charge in [-0.2, -0.15) is 0 Å². The van der Waals surface area contributed by atoms with E-state index < -0.39 is 6.04 Å². The highest BCUT2D eigenvalue weighted by molar-refractivity contribution is 7.99. The van der Waals surface area contributed by atoms with E-state index in [2.05, 4.69) is 5.32 Å². The van der Waals surface area contributed by atoms with E-state index in [1.165, 1.54) is 16.7 Å². The summed E-state index contributed by atoms with van der Waals surface area (Å²) in [6.45, 7) is 6.45. The zero-order chi connectivity index (χ0) is 23.0. The number of nitrogens with zero attached hydrogens (tertiary/aromatic N) is 1. The highest BCUT2D eigenvalue weighted by Gasteiger charge is 2.27. The van der Waals surface area contributed by atoms with Crippen molar-refractivity contribution in [3.63, 3.8) is 0 Å². The third-order valence-electron chi connectivity index (χ3n) is 4.68. The summed E-state index contributed by atoms with van der Waals surface area (Å²) in [5.74, 6) is 0.737. The van der Waals surface area contributed by atoms with Gasteiger partial charge in [-0.05, 0) is 36.6 Å². The molecule has 1 atom stereocenters. The van der Waals surface area contributed by atoms with Crippen molar-refractivity contribution in [2.24, 2.45) is 5.92 Å². The molecule has 0 aliphatic carbocycles. The highest BCUT2D eigenvalue weighted by Crippen LogP contribution is 2.27. The minimum absolute atomic E-state index is 0.153. The Morgan fingerprint density at radius 1 is 0.968 bits per heavy atom. The fraction of sp³-hybridized carbons (Fsp3) is 0.391. The molecule has 0 saturated carbocycles. The van der Waals surface area contributed by atoms with Crippen LogP contribution in [0.15, 0.2) is 42.5 Å². The molecule has 168 valence electrons. The van der Waals surface area contributed by atoms with Crippen molar-refractivity contribution >= 4 is 58.4 Å². The molecule has 2 aromatic rings. The van der Waals surface area contributed by atoms with Crippen molar-refractivity contribution in [1.29, 1.82) is 0 Å². The Bertz CT molecular complexity index is 888. The topological polar surface area (TPSA) is 49.4 Å². The van der Waals surface area contributed by atoms with E-state index >= 15 is 0 Å². The van der Waals surface area contributed by atoms with Gasteiger partial charge in [-0.15, -0.1) is 11.8 Å². The van der Waals surface area contributed by atoms with Gasteiger partial charge in [0, 0.05) is 39.5 Å². The molecule has 0 bridgehead atoms. The maximum Gasteiger partial charge on any atom is 0.242 e. The number of hydrogen-bond acceptors (Lipinski definition) is 3. The summed E-state index contributed by atoms with van der Waals surface area (Å²) in [6.07, 6.45) is 0. The molecule has 0 saturated heterocycles. The molecule has 0 fully saturated rings. The van der Waals surface area contributed by atoms with Gasteiger partial charge in [0.2, 0.25) is 11.8 Å². The van der Waals surface area contributed by atoms with Crippen LogP contribution in [0.2, 0.25) is 15.1 Å². The van der Waals surface area contributed by atoms with Gasteiger partial charge in [0.05, 0.1) is 5.75 Å². The Balaban J connectivity index is 2.14. The maximum atomic E-state index is 13.1. The van der Waals surface area contributed by atoms with Crippen molar-refractivity contribution in [2.75, 3.05) is 12.3 Å². The summed E-state index contributed by atoms with van der Waals surface area (Å²) in [4.78, 5) is 27.4. The first kappa shape index (κ1) is 25.9. The van der Waals surface area contributed by atoms with Crippen molar-refractivity contribution in [3.05, 3.63) is 68.7 Å². The first-order chi connectivity index (χ1) is 14.7. The third-order valence-corrected chi connectivity index (χ3v) is 6.73. The second-order valence-corrected chi connectivity index (χ2v) is 9.83. The van der Waals surface area contributed by atoms with E-state index in [1.807, 2.05) is 38.1 Å². The van der Waals surface area contributed by atoms with E-state index in [-0.39, 0.29) is 24.1 Å². The Morgan fingerprint density at radius 3 is 2.19 bits per heavy atom. The van der Waals surface area contributed by atoms with Crippen LogP contribution in [0.3, 0.4) is 0 Å². The molecule has 2 rings (SSSR count). The lowest BCUT2D eigenvalue weighted by molar-refractivity contribution is -0.138. The van der Waals surface area contributed by atoms with Gasteiger partial charge < -0.3 is 10.2 Å². The van der Waals surface area contributed by atoms with Crippen LogP contribution in [-0.2, 0) is 21.9 Å². The summed E-state index contributed by atoms with van der Waals surface area (Å²) >= 11 is 20.3. The number of thioether (sulfide) groups is 1. The van der Waals surface area contributed by atoms with Crippen LogP contribution >= 0.6 is 46.6 Å². The van der Waals surface area contributed by atoms with E-state index in [9.17, 15) is 9.59 Å². The molecule has 0 heterocycles. The number of rotatable bonds is 10. The number of carbonyl (C=O) groups excluding carboxylic acids is 2. The number of halogens is 3. The fourth-order valence-electron chi connectivity index (χ4n) is 2.84. The Hall–Kier alpha value is -1.40. The zero-order valence-electron chi connectivity index (χ0n) is 17.8. The number of carbonyl (C=O) groups is 2. The number of benzene rings is 2. The molecule has 2 amide bonds. The Kier molecular flexibility index (Phi) is 10.5. The molecule has 0 aliphatic rings. The average molecular weight is 502 g/mol. The lowest BCUT2D eigenvalue weighted by Crippen LogP contribution is -2.48. The summed E-state index contributed by atoms with van der Waals surface area (Å²) < 4.78 is 0. The zero-order valence-corrected chi connectivity index (χ0v) is 20.9. The van der Waals surface area contributed by atoms with Crippen molar-refractivity contribution < 1.29 is 9.59 Å². The molecule has 0 radical (unpaired) electrons. The minimum Gasteiger partial charge on any atom is -0.354 e. The third kappa shape index (κ3) is 7.90. The largest absolute Gasteiger partial charge is 0.354 e. The second kappa shape index (κ2) is 12.6. The highest BCUT2D eigenvalue weighted by atomic mass is 35.5. The van der Waals surface area contributed by atoms with Gasteiger partial charge in [0.25, 0.3) is 0 Å². The summed E-state index contributed by atoms with van der Waals surface area (Å²) in [6, 6.07) is 12.1. The van der Waals surface area contributed by atoms with Crippen LogP contribution < -0.4 is 5.32 Å². The lowest BCUT2D eigenvalue weighted by atomic mass is 10.1. The number of nitrogens with one attached hydrogen (secondary N) is 1. The van der Waals surface area contributed by atoms with Crippen LogP contribution in [0.25, 0.3) is 0 Å². The molecule has 1 N–H and O–H groups in total. The Morgan fingerprint density at radius 2 is 1.58 bits per heavy atom. The molecule has 0 unspecified atom stereocenters. The normalized spacial score (nSPS) is 12.0. The molecule has 31 heavy (non-hydrogen) atoms. The van der Waals surface area contributed by atoms with E-state index in [1.54, 1.807) is 25.1 Å². The van der Waals surface area contributed by atoms with Gasteiger partial charge in [-0.1, -0.05) is 72.9 Å². The Labute approximate surface area is 203 Å².